The van der Waals surface area contributed by atoms with Gasteiger partial charge in [-0.25, -0.2) is 8.78 Å². The molecule has 0 aliphatic carbocycles. The monoisotopic (exact) mass is 226 g/mol. The van der Waals surface area contributed by atoms with Crippen molar-refractivity contribution >= 4 is 5.69 Å². The summed E-state index contributed by atoms with van der Waals surface area (Å²) >= 11 is 0. The fourth-order valence-corrected chi connectivity index (χ4v) is 1.90. The Morgan fingerprint density at radius 1 is 1.25 bits per heavy atom. The standard InChI is InChI=1S/C12H16F2N2/c1-12(13,14)10-3-2-4-11(9-10)16-7-5-15-6-8-16/h2-4,9,15H,5-8H2,1H3. The molecule has 0 saturated carbocycles. The average molecular weight is 226 g/mol. The molecule has 0 radical (unpaired) electrons. The number of benzene rings is 1. The number of piperazine rings is 1. The molecule has 0 unspecified atom stereocenters. The lowest BCUT2D eigenvalue weighted by atomic mass is 10.1. The van der Waals surface area contributed by atoms with E-state index >= 15 is 0 Å². The average Bonchev–Trinajstić information content (AvgIpc) is 2.29. The van der Waals surface area contributed by atoms with Gasteiger partial charge in [-0.1, -0.05) is 12.1 Å². The lowest BCUT2D eigenvalue weighted by Crippen LogP contribution is -2.43. The van der Waals surface area contributed by atoms with Gasteiger partial charge in [0.15, 0.2) is 0 Å². The minimum absolute atomic E-state index is 0.0866. The fourth-order valence-electron chi connectivity index (χ4n) is 1.90. The van der Waals surface area contributed by atoms with Crippen molar-refractivity contribution in [1.29, 1.82) is 0 Å². The number of alkyl halides is 2. The molecule has 16 heavy (non-hydrogen) atoms. The molecule has 0 aromatic heterocycles. The molecule has 0 atom stereocenters. The summed E-state index contributed by atoms with van der Waals surface area (Å²) in [5, 5.41) is 3.24. The van der Waals surface area contributed by atoms with Gasteiger partial charge in [-0.05, 0) is 12.1 Å². The summed E-state index contributed by atoms with van der Waals surface area (Å²) in [6.07, 6.45) is 0. The molecule has 88 valence electrons. The lowest BCUT2D eigenvalue weighted by Gasteiger charge is -2.30. The van der Waals surface area contributed by atoms with Gasteiger partial charge >= 0.3 is 0 Å². The number of nitrogens with one attached hydrogen (secondary N) is 1. The van der Waals surface area contributed by atoms with Crippen molar-refractivity contribution in [2.45, 2.75) is 12.8 Å². The molecule has 1 aliphatic heterocycles. The highest BCUT2D eigenvalue weighted by Crippen LogP contribution is 2.29. The first-order valence-corrected chi connectivity index (χ1v) is 5.51. The number of hydrogen-bond acceptors (Lipinski definition) is 2. The second kappa shape index (κ2) is 4.37. The summed E-state index contributed by atoms with van der Waals surface area (Å²) in [4.78, 5) is 2.13. The normalized spacial score (nSPS) is 17.6. The highest BCUT2D eigenvalue weighted by molar-refractivity contribution is 5.49. The van der Waals surface area contributed by atoms with Crippen molar-refractivity contribution in [3.8, 4) is 0 Å². The first kappa shape index (κ1) is 11.3. The summed E-state index contributed by atoms with van der Waals surface area (Å²) in [7, 11) is 0. The van der Waals surface area contributed by atoms with E-state index in [9.17, 15) is 8.78 Å². The van der Waals surface area contributed by atoms with E-state index in [1.54, 1.807) is 12.1 Å². The molecule has 1 aromatic rings. The van der Waals surface area contributed by atoms with Gasteiger partial charge in [0.1, 0.15) is 0 Å². The topological polar surface area (TPSA) is 15.3 Å². The largest absolute Gasteiger partial charge is 0.369 e. The maximum Gasteiger partial charge on any atom is 0.270 e. The molecule has 2 nitrogen and oxygen atoms in total. The van der Waals surface area contributed by atoms with Gasteiger partial charge in [0.2, 0.25) is 0 Å². The molecule has 0 spiro atoms. The van der Waals surface area contributed by atoms with Crippen LogP contribution in [0.25, 0.3) is 0 Å². The Kier molecular flexibility index (Phi) is 3.10. The van der Waals surface area contributed by atoms with E-state index in [1.807, 2.05) is 6.07 Å². The van der Waals surface area contributed by atoms with Gasteiger partial charge in [-0.15, -0.1) is 0 Å². The van der Waals surface area contributed by atoms with Crippen molar-refractivity contribution in [2.75, 3.05) is 31.1 Å². The zero-order valence-electron chi connectivity index (χ0n) is 9.34. The Hall–Kier alpha value is -1.16. The van der Waals surface area contributed by atoms with Crippen LogP contribution in [0.15, 0.2) is 24.3 Å². The minimum Gasteiger partial charge on any atom is -0.369 e. The van der Waals surface area contributed by atoms with E-state index in [1.165, 1.54) is 6.07 Å². The first-order chi connectivity index (χ1) is 7.57. The molecule has 1 heterocycles. The maximum absolute atomic E-state index is 13.2. The summed E-state index contributed by atoms with van der Waals surface area (Å²) in [6.45, 7) is 4.50. The van der Waals surface area contributed by atoms with Gasteiger partial charge in [0.05, 0.1) is 0 Å². The number of hydrogen-bond donors (Lipinski definition) is 1. The predicted octanol–water partition coefficient (Wildman–Crippen LogP) is 2.21. The van der Waals surface area contributed by atoms with Gasteiger partial charge in [0, 0.05) is 44.4 Å². The third-order valence-corrected chi connectivity index (χ3v) is 2.84. The Morgan fingerprint density at radius 2 is 1.94 bits per heavy atom. The van der Waals surface area contributed by atoms with Crippen LogP contribution in [-0.4, -0.2) is 26.2 Å². The van der Waals surface area contributed by atoms with Crippen molar-refractivity contribution in [1.82, 2.24) is 5.32 Å². The molecular weight excluding hydrogens is 210 g/mol. The Bertz CT molecular complexity index is 354. The quantitative estimate of drug-likeness (QED) is 0.831. The lowest BCUT2D eigenvalue weighted by molar-refractivity contribution is 0.0175. The van der Waals surface area contributed by atoms with Gasteiger partial charge in [0.25, 0.3) is 5.92 Å². The molecular formula is C12H16F2N2. The van der Waals surface area contributed by atoms with Crippen LogP contribution in [-0.2, 0) is 5.92 Å². The van der Waals surface area contributed by atoms with Crippen LogP contribution < -0.4 is 10.2 Å². The van der Waals surface area contributed by atoms with Gasteiger partial charge in [-0.2, -0.15) is 0 Å². The van der Waals surface area contributed by atoms with Crippen LogP contribution in [0.1, 0.15) is 12.5 Å². The molecule has 0 amide bonds. The number of nitrogens with zero attached hydrogens (tertiary/aromatic N) is 1. The van der Waals surface area contributed by atoms with E-state index < -0.39 is 5.92 Å². The van der Waals surface area contributed by atoms with Crippen LogP contribution in [0.4, 0.5) is 14.5 Å². The number of anilines is 1. The van der Waals surface area contributed by atoms with Gasteiger partial charge in [-0.3, -0.25) is 0 Å². The zero-order valence-corrected chi connectivity index (χ0v) is 9.34. The van der Waals surface area contributed by atoms with Crippen LogP contribution in [0.5, 0.6) is 0 Å². The molecule has 1 saturated heterocycles. The predicted molar refractivity (Wildman–Crippen MR) is 61.1 cm³/mol. The van der Waals surface area contributed by atoms with Crippen LogP contribution in [0, 0.1) is 0 Å². The van der Waals surface area contributed by atoms with E-state index in [-0.39, 0.29) is 5.56 Å². The molecule has 1 fully saturated rings. The van der Waals surface area contributed by atoms with Crippen LogP contribution >= 0.6 is 0 Å². The van der Waals surface area contributed by atoms with Crippen molar-refractivity contribution in [2.24, 2.45) is 0 Å². The Labute approximate surface area is 94.3 Å². The van der Waals surface area contributed by atoms with Crippen LogP contribution in [0.2, 0.25) is 0 Å². The van der Waals surface area contributed by atoms with E-state index in [0.29, 0.717) is 0 Å². The first-order valence-electron chi connectivity index (χ1n) is 5.51. The second-order valence-corrected chi connectivity index (χ2v) is 4.18. The minimum atomic E-state index is -2.76. The Morgan fingerprint density at radius 3 is 2.56 bits per heavy atom. The van der Waals surface area contributed by atoms with Gasteiger partial charge < -0.3 is 10.2 Å². The molecule has 1 aromatic carbocycles. The fraction of sp³-hybridized carbons (Fsp3) is 0.500. The maximum atomic E-state index is 13.2. The van der Waals surface area contributed by atoms with Crippen molar-refractivity contribution < 1.29 is 8.78 Å². The Balaban J connectivity index is 2.21. The summed E-state index contributed by atoms with van der Waals surface area (Å²) < 4.78 is 26.3. The van der Waals surface area contributed by atoms with Crippen LogP contribution in [0.3, 0.4) is 0 Å². The molecule has 1 aliphatic rings. The van der Waals surface area contributed by atoms with E-state index in [4.69, 9.17) is 0 Å². The van der Waals surface area contributed by atoms with Crippen molar-refractivity contribution in [3.05, 3.63) is 29.8 Å². The SMILES string of the molecule is CC(F)(F)c1cccc(N2CCNCC2)c1. The highest BCUT2D eigenvalue weighted by atomic mass is 19.3. The van der Waals surface area contributed by atoms with E-state index in [2.05, 4.69) is 10.2 Å². The summed E-state index contributed by atoms with van der Waals surface area (Å²) in [6, 6.07) is 6.65. The highest BCUT2D eigenvalue weighted by Gasteiger charge is 2.24. The molecule has 2 rings (SSSR count). The third kappa shape index (κ3) is 2.50. The van der Waals surface area contributed by atoms with E-state index in [0.717, 1.165) is 38.8 Å². The second-order valence-electron chi connectivity index (χ2n) is 4.18. The van der Waals surface area contributed by atoms with Crippen molar-refractivity contribution in [3.63, 3.8) is 0 Å². The summed E-state index contributed by atoms with van der Waals surface area (Å²) in [5.41, 5.74) is 0.976. The number of halogens is 2. The number of rotatable bonds is 2. The molecule has 4 heteroatoms. The third-order valence-electron chi connectivity index (χ3n) is 2.84. The zero-order chi connectivity index (χ0) is 11.6. The smallest absolute Gasteiger partial charge is 0.270 e. The molecule has 0 bridgehead atoms. The molecule has 1 N–H and O–H groups in total. The summed E-state index contributed by atoms with van der Waals surface area (Å²) in [5.74, 6) is -2.76.